The van der Waals surface area contributed by atoms with Crippen molar-refractivity contribution in [2.24, 2.45) is 5.92 Å². The van der Waals surface area contributed by atoms with Gasteiger partial charge >= 0.3 is 12.3 Å². The first-order chi connectivity index (χ1) is 10.2. The van der Waals surface area contributed by atoms with Crippen LogP contribution in [0.4, 0.5) is 13.2 Å². The highest BCUT2D eigenvalue weighted by atomic mass is 19.4. The van der Waals surface area contributed by atoms with E-state index in [4.69, 9.17) is 5.11 Å². The Morgan fingerprint density at radius 3 is 2.59 bits per heavy atom. The van der Waals surface area contributed by atoms with Crippen molar-refractivity contribution in [2.45, 2.75) is 31.7 Å². The molecule has 1 saturated carbocycles. The Kier molecular flexibility index (Phi) is 4.30. The van der Waals surface area contributed by atoms with Gasteiger partial charge in [0, 0.05) is 5.92 Å². The molecule has 5 nitrogen and oxygen atoms in total. The van der Waals surface area contributed by atoms with Crippen LogP contribution in [0.5, 0.6) is 5.75 Å². The standard InChI is InChI=1S/C14H14F3NO4/c1-7(13(20)21)18-12(19)10-6-9(10)8-4-2-3-5-11(8)22-14(15,16)17/h2-5,7,9-10H,6H2,1H3,(H,18,19)(H,20,21). The molecule has 120 valence electrons. The maximum Gasteiger partial charge on any atom is 0.573 e. The number of carbonyl (C=O) groups is 2. The predicted octanol–water partition coefficient (Wildman–Crippen LogP) is 2.28. The molecule has 1 amide bonds. The second kappa shape index (κ2) is 5.86. The summed E-state index contributed by atoms with van der Waals surface area (Å²) in [5.74, 6) is -2.94. The summed E-state index contributed by atoms with van der Waals surface area (Å²) < 4.78 is 41.0. The molecule has 2 rings (SSSR count). The van der Waals surface area contributed by atoms with Gasteiger partial charge in [0.1, 0.15) is 11.8 Å². The number of hydrogen-bond donors (Lipinski definition) is 2. The number of rotatable bonds is 5. The van der Waals surface area contributed by atoms with Gasteiger partial charge in [-0.05, 0) is 30.9 Å². The third kappa shape index (κ3) is 3.90. The fraction of sp³-hybridized carbons (Fsp3) is 0.429. The number of carboxylic acids is 1. The highest BCUT2D eigenvalue weighted by molar-refractivity contribution is 5.87. The molecule has 0 saturated heterocycles. The third-order valence-electron chi connectivity index (χ3n) is 3.40. The van der Waals surface area contributed by atoms with E-state index < -0.39 is 36.1 Å². The molecule has 0 aromatic heterocycles. The molecule has 0 spiro atoms. The van der Waals surface area contributed by atoms with Crippen LogP contribution >= 0.6 is 0 Å². The minimum absolute atomic E-state index is 0.294. The SMILES string of the molecule is CC(NC(=O)C1CC1c1ccccc1OC(F)(F)F)C(=O)O. The van der Waals surface area contributed by atoms with E-state index in [1.165, 1.54) is 25.1 Å². The van der Waals surface area contributed by atoms with E-state index in [1.54, 1.807) is 6.07 Å². The topological polar surface area (TPSA) is 75.6 Å². The van der Waals surface area contributed by atoms with Crippen molar-refractivity contribution in [2.75, 3.05) is 0 Å². The lowest BCUT2D eigenvalue weighted by Crippen LogP contribution is -2.39. The molecule has 3 unspecified atom stereocenters. The normalized spacial score (nSPS) is 21.8. The lowest BCUT2D eigenvalue weighted by molar-refractivity contribution is -0.274. The Morgan fingerprint density at radius 2 is 2.00 bits per heavy atom. The van der Waals surface area contributed by atoms with Crippen molar-refractivity contribution >= 4 is 11.9 Å². The monoisotopic (exact) mass is 317 g/mol. The van der Waals surface area contributed by atoms with Crippen molar-refractivity contribution in [3.63, 3.8) is 0 Å². The molecule has 0 radical (unpaired) electrons. The van der Waals surface area contributed by atoms with Gasteiger partial charge in [0.25, 0.3) is 0 Å². The molecular weight excluding hydrogens is 303 g/mol. The molecule has 1 aliphatic rings. The molecule has 2 N–H and O–H groups in total. The van der Waals surface area contributed by atoms with Crippen molar-refractivity contribution in [3.8, 4) is 5.75 Å². The zero-order chi connectivity index (χ0) is 16.5. The minimum atomic E-state index is -4.80. The van der Waals surface area contributed by atoms with Crippen molar-refractivity contribution in [1.82, 2.24) is 5.32 Å². The molecule has 22 heavy (non-hydrogen) atoms. The number of carboxylic acid groups (broad SMARTS) is 1. The van der Waals surface area contributed by atoms with Gasteiger partial charge < -0.3 is 15.2 Å². The zero-order valence-corrected chi connectivity index (χ0v) is 11.6. The van der Waals surface area contributed by atoms with Crippen molar-refractivity contribution < 1.29 is 32.6 Å². The van der Waals surface area contributed by atoms with Crippen LogP contribution in [0.3, 0.4) is 0 Å². The first-order valence-corrected chi connectivity index (χ1v) is 6.57. The molecule has 8 heteroatoms. The van der Waals surface area contributed by atoms with E-state index in [2.05, 4.69) is 10.1 Å². The highest BCUT2D eigenvalue weighted by Gasteiger charge is 2.46. The van der Waals surface area contributed by atoms with Gasteiger partial charge in [-0.15, -0.1) is 13.2 Å². The van der Waals surface area contributed by atoms with Crippen LogP contribution in [-0.2, 0) is 9.59 Å². The molecule has 0 bridgehead atoms. The largest absolute Gasteiger partial charge is 0.573 e. The minimum Gasteiger partial charge on any atom is -0.480 e. The summed E-state index contributed by atoms with van der Waals surface area (Å²) in [5, 5.41) is 11.0. The summed E-state index contributed by atoms with van der Waals surface area (Å²) >= 11 is 0. The van der Waals surface area contributed by atoms with E-state index in [0.29, 0.717) is 12.0 Å². The Labute approximate surface area is 124 Å². The molecular formula is C14H14F3NO4. The molecule has 1 aromatic rings. The smallest absolute Gasteiger partial charge is 0.480 e. The van der Waals surface area contributed by atoms with E-state index in [-0.39, 0.29) is 5.75 Å². The fourth-order valence-electron chi connectivity index (χ4n) is 2.22. The second-order valence-electron chi connectivity index (χ2n) is 5.10. The van der Waals surface area contributed by atoms with Gasteiger partial charge in [-0.2, -0.15) is 0 Å². The zero-order valence-electron chi connectivity index (χ0n) is 11.6. The Morgan fingerprint density at radius 1 is 1.36 bits per heavy atom. The van der Waals surface area contributed by atoms with Crippen LogP contribution in [-0.4, -0.2) is 29.4 Å². The first-order valence-electron chi connectivity index (χ1n) is 6.57. The number of amides is 1. The summed E-state index contributed by atoms with van der Waals surface area (Å²) in [7, 11) is 0. The highest BCUT2D eigenvalue weighted by Crippen LogP contribution is 2.51. The first kappa shape index (κ1) is 16.1. The van der Waals surface area contributed by atoms with Gasteiger partial charge in [0.15, 0.2) is 0 Å². The number of hydrogen-bond acceptors (Lipinski definition) is 3. The Hall–Kier alpha value is -2.25. The average molecular weight is 317 g/mol. The molecule has 0 heterocycles. The predicted molar refractivity (Wildman–Crippen MR) is 69.2 cm³/mol. The van der Waals surface area contributed by atoms with Gasteiger partial charge in [0.2, 0.25) is 5.91 Å². The van der Waals surface area contributed by atoms with Crippen molar-refractivity contribution in [3.05, 3.63) is 29.8 Å². The lowest BCUT2D eigenvalue weighted by Gasteiger charge is -2.13. The number of para-hydroxylation sites is 1. The van der Waals surface area contributed by atoms with Gasteiger partial charge in [0.05, 0.1) is 0 Å². The number of benzene rings is 1. The second-order valence-corrected chi connectivity index (χ2v) is 5.10. The van der Waals surface area contributed by atoms with Crippen LogP contribution in [0.2, 0.25) is 0 Å². The molecule has 0 aliphatic heterocycles. The summed E-state index contributed by atoms with van der Waals surface area (Å²) in [6.07, 6.45) is -4.45. The van der Waals surface area contributed by atoms with Crippen LogP contribution in [0.15, 0.2) is 24.3 Å². The molecule has 1 aromatic carbocycles. The summed E-state index contributed by atoms with van der Waals surface area (Å²) in [5.41, 5.74) is 0.294. The van der Waals surface area contributed by atoms with Crippen LogP contribution in [0, 0.1) is 5.92 Å². The molecule has 1 fully saturated rings. The van der Waals surface area contributed by atoms with Crippen LogP contribution in [0.1, 0.15) is 24.8 Å². The van der Waals surface area contributed by atoms with Gasteiger partial charge in [-0.1, -0.05) is 18.2 Å². The number of carbonyl (C=O) groups excluding carboxylic acids is 1. The number of alkyl halides is 3. The number of aliphatic carboxylic acids is 1. The van der Waals surface area contributed by atoms with Gasteiger partial charge in [-0.3, -0.25) is 9.59 Å². The van der Waals surface area contributed by atoms with E-state index >= 15 is 0 Å². The number of nitrogens with one attached hydrogen (secondary N) is 1. The Bertz CT molecular complexity index is 588. The maximum absolute atomic E-state index is 12.4. The number of halogens is 3. The number of ether oxygens (including phenoxy) is 1. The summed E-state index contributed by atoms with van der Waals surface area (Å²) in [6, 6.07) is 4.59. The quantitative estimate of drug-likeness (QED) is 0.873. The molecule has 1 aliphatic carbocycles. The van der Waals surface area contributed by atoms with Crippen LogP contribution < -0.4 is 10.1 Å². The third-order valence-corrected chi connectivity index (χ3v) is 3.40. The Balaban J connectivity index is 2.06. The van der Waals surface area contributed by atoms with E-state index in [0.717, 1.165) is 0 Å². The average Bonchev–Trinajstić information content (AvgIpc) is 3.17. The fourth-order valence-corrected chi connectivity index (χ4v) is 2.22. The van der Waals surface area contributed by atoms with E-state index in [1.807, 2.05) is 0 Å². The lowest BCUT2D eigenvalue weighted by atomic mass is 10.1. The molecule has 3 atom stereocenters. The maximum atomic E-state index is 12.4. The summed E-state index contributed by atoms with van der Waals surface area (Å²) in [6.45, 7) is 1.32. The van der Waals surface area contributed by atoms with E-state index in [9.17, 15) is 22.8 Å². The van der Waals surface area contributed by atoms with Gasteiger partial charge in [-0.25, -0.2) is 0 Å². The van der Waals surface area contributed by atoms with Crippen LogP contribution in [0.25, 0.3) is 0 Å². The summed E-state index contributed by atoms with van der Waals surface area (Å²) in [4.78, 5) is 22.5. The van der Waals surface area contributed by atoms with Crippen molar-refractivity contribution in [1.29, 1.82) is 0 Å².